The summed E-state index contributed by atoms with van der Waals surface area (Å²) < 4.78 is 17.3. The number of benzene rings is 3. The van der Waals surface area contributed by atoms with Crippen LogP contribution < -0.4 is 14.5 Å². The van der Waals surface area contributed by atoms with Gasteiger partial charge in [0.25, 0.3) is 0 Å². The first kappa shape index (κ1) is 27.1. The van der Waals surface area contributed by atoms with Crippen LogP contribution in [0.2, 0.25) is 0 Å². The number of hydrogen-bond acceptors (Lipinski definition) is 6. The van der Waals surface area contributed by atoms with Crippen molar-refractivity contribution in [2.45, 2.75) is 38.2 Å². The van der Waals surface area contributed by atoms with E-state index in [1.54, 1.807) is 31.4 Å². The van der Waals surface area contributed by atoms with Crippen molar-refractivity contribution in [3.05, 3.63) is 88.7 Å². The molecule has 8 heteroatoms. The predicted octanol–water partition coefficient (Wildman–Crippen LogP) is 5.39. The molecule has 0 amide bonds. The first-order chi connectivity index (χ1) is 19.3. The van der Waals surface area contributed by atoms with E-state index in [9.17, 15) is 20.1 Å². The van der Waals surface area contributed by atoms with Gasteiger partial charge in [0.2, 0.25) is 5.75 Å². The van der Waals surface area contributed by atoms with Gasteiger partial charge in [-0.15, -0.1) is 0 Å². The number of methoxy groups -OCH3 is 2. The number of carbonyl (C=O) groups excluding carboxylic acids is 1. The highest BCUT2D eigenvalue weighted by Crippen LogP contribution is 2.52. The first-order valence-electron chi connectivity index (χ1n) is 13.2. The number of rotatable bonds is 9. The molecule has 8 nitrogen and oxygen atoms in total. The summed E-state index contributed by atoms with van der Waals surface area (Å²) in [6.45, 7) is 2.41. The molecule has 0 radical (unpaired) electrons. The number of ketones is 1. The van der Waals surface area contributed by atoms with Crippen molar-refractivity contribution in [2.75, 3.05) is 20.8 Å². The fourth-order valence-electron chi connectivity index (χ4n) is 5.30. The summed E-state index contributed by atoms with van der Waals surface area (Å²) in [4.78, 5) is 15.5. The molecule has 0 bridgehead atoms. The molecule has 4 aromatic rings. The Balaban J connectivity index is 1.57. The Hall–Kier alpha value is -4.43. The maximum atomic E-state index is 11.3. The average molecular weight is 544 g/mol. The zero-order chi connectivity index (χ0) is 28.4. The standard InChI is InChI=1S/C32H32NO7/c1-4-23-13-21(16-33-23)19-6-5-7-20(12-19)22(17-38-2)14-25-29(36)32(39-3)30(37)28-26(35)15-27(40-31(25)28)18-8-10-24(34)11-9-18/h5-13,16,22,27,34H,4,14-15,17H2,1-3H3,(H2,35,36,37)/q-1/p+1. The molecule has 0 aliphatic carbocycles. The van der Waals surface area contributed by atoms with Crippen LogP contribution in [-0.2, 0) is 17.6 Å². The summed E-state index contributed by atoms with van der Waals surface area (Å²) in [6.07, 6.45) is 2.49. The fraction of sp³-hybridized carbons (Fsp3) is 0.281. The van der Waals surface area contributed by atoms with E-state index in [1.165, 1.54) is 7.11 Å². The molecule has 40 heavy (non-hydrogen) atoms. The molecular weight excluding hydrogens is 510 g/mol. The summed E-state index contributed by atoms with van der Waals surface area (Å²) in [7, 11) is 2.97. The summed E-state index contributed by atoms with van der Waals surface area (Å²) in [6, 6.07) is 16.7. The third-order valence-corrected chi connectivity index (χ3v) is 7.41. The van der Waals surface area contributed by atoms with Crippen LogP contribution in [-0.4, -0.2) is 46.7 Å². The van der Waals surface area contributed by atoms with E-state index in [2.05, 4.69) is 24.0 Å². The maximum Gasteiger partial charge on any atom is 0.335 e. The normalized spacial score (nSPS) is 15.4. The second kappa shape index (κ2) is 11.4. The van der Waals surface area contributed by atoms with Crippen molar-refractivity contribution in [1.82, 2.24) is 4.98 Å². The largest absolute Gasteiger partial charge is 0.667 e. The molecule has 4 N–H and O–H groups in total. The predicted molar refractivity (Wildman–Crippen MR) is 151 cm³/mol. The van der Waals surface area contributed by atoms with Crippen molar-refractivity contribution >= 4 is 5.78 Å². The zero-order valence-corrected chi connectivity index (χ0v) is 22.7. The fourth-order valence-corrected chi connectivity index (χ4v) is 5.30. The Kier molecular flexibility index (Phi) is 7.71. The lowest BCUT2D eigenvalue weighted by Gasteiger charge is -2.28. The Bertz CT molecular complexity index is 1520. The lowest BCUT2D eigenvalue weighted by Crippen LogP contribution is -2.23. The molecule has 1 aliphatic rings. The van der Waals surface area contributed by atoms with Gasteiger partial charge in [-0.2, -0.15) is 11.9 Å². The van der Waals surface area contributed by atoms with Crippen molar-refractivity contribution < 1.29 is 34.3 Å². The molecule has 2 unspecified atom stereocenters. The minimum Gasteiger partial charge on any atom is -0.667 e. The van der Waals surface area contributed by atoms with Crippen LogP contribution in [0.25, 0.3) is 11.1 Å². The number of aromatic hydroxyl groups is 3. The average Bonchev–Trinajstić information content (AvgIpc) is 3.45. The van der Waals surface area contributed by atoms with Crippen LogP contribution in [0, 0.1) is 0 Å². The van der Waals surface area contributed by atoms with E-state index in [0.717, 1.165) is 34.4 Å². The Morgan fingerprint density at radius 1 is 1.02 bits per heavy atom. The molecule has 3 aromatic carbocycles. The van der Waals surface area contributed by atoms with Crippen LogP contribution in [0.1, 0.15) is 53.3 Å². The van der Waals surface area contributed by atoms with Crippen molar-refractivity contribution in [2.24, 2.45) is 0 Å². The lowest BCUT2D eigenvalue weighted by atomic mass is 9.86. The van der Waals surface area contributed by atoms with E-state index < -0.39 is 6.10 Å². The Labute approximate surface area is 232 Å². The van der Waals surface area contributed by atoms with Crippen LogP contribution in [0.3, 0.4) is 0 Å². The highest BCUT2D eigenvalue weighted by molar-refractivity contribution is 6.05. The zero-order valence-electron chi connectivity index (χ0n) is 22.7. The Morgan fingerprint density at radius 3 is 2.48 bits per heavy atom. The molecule has 2 heterocycles. The van der Waals surface area contributed by atoms with Gasteiger partial charge in [-0.25, -0.2) is 0 Å². The summed E-state index contributed by atoms with van der Waals surface area (Å²) in [5, 5.41) is 31.9. The Morgan fingerprint density at radius 2 is 1.80 bits per heavy atom. The monoisotopic (exact) mass is 543 g/mol. The van der Waals surface area contributed by atoms with E-state index >= 15 is 0 Å². The summed E-state index contributed by atoms with van der Waals surface area (Å²) >= 11 is 0. The minimum atomic E-state index is -0.596. The first-order valence-corrected chi connectivity index (χ1v) is 13.2. The van der Waals surface area contributed by atoms with Gasteiger partial charge in [-0.1, -0.05) is 55.8 Å². The van der Waals surface area contributed by atoms with Crippen LogP contribution in [0.4, 0.5) is 0 Å². The number of nitrogens with zero attached hydrogens (tertiary/aromatic N) is 1. The van der Waals surface area contributed by atoms with Crippen molar-refractivity contribution in [3.8, 4) is 39.9 Å². The number of phenols is 3. The van der Waals surface area contributed by atoms with Gasteiger partial charge in [0.15, 0.2) is 17.1 Å². The van der Waals surface area contributed by atoms with Crippen molar-refractivity contribution in [3.63, 3.8) is 0 Å². The van der Waals surface area contributed by atoms with E-state index in [4.69, 9.17) is 14.2 Å². The molecule has 0 spiro atoms. The van der Waals surface area contributed by atoms with E-state index in [1.807, 2.05) is 24.4 Å². The summed E-state index contributed by atoms with van der Waals surface area (Å²) in [5.41, 5.74) is 5.27. The molecule has 1 aliphatic heterocycles. The van der Waals surface area contributed by atoms with E-state index in [0.29, 0.717) is 12.2 Å². The number of aryl methyl sites for hydroxylation is 1. The van der Waals surface area contributed by atoms with Gasteiger partial charge in [-0.05, 0) is 40.8 Å². The molecule has 0 saturated heterocycles. The van der Waals surface area contributed by atoms with Crippen LogP contribution in [0.15, 0.2) is 60.8 Å². The van der Waals surface area contributed by atoms with Gasteiger partial charge in [0.05, 0.1) is 13.7 Å². The maximum absolute atomic E-state index is 11.3. The highest BCUT2D eigenvalue weighted by Gasteiger charge is 2.40. The van der Waals surface area contributed by atoms with Gasteiger partial charge < -0.3 is 34.5 Å². The number of fused-ring (bicyclic) bond motifs is 1. The number of ether oxygens (including phenoxy) is 3. The quantitative estimate of drug-likeness (QED) is 0.242. The molecule has 208 valence electrons. The van der Waals surface area contributed by atoms with Gasteiger partial charge in [0, 0.05) is 18.6 Å². The van der Waals surface area contributed by atoms with E-state index in [-0.39, 0.29) is 58.9 Å². The summed E-state index contributed by atoms with van der Waals surface area (Å²) in [5.74, 6) is -0.778. The molecular formula is C32H33NO7. The topological polar surface area (TPSA) is 124 Å². The molecule has 5 rings (SSSR count). The third kappa shape index (κ3) is 5.10. The number of hydrogen-bond donors (Lipinski definition) is 3. The second-order valence-corrected chi connectivity index (χ2v) is 9.95. The van der Waals surface area contributed by atoms with Gasteiger partial charge >= 0.3 is 5.78 Å². The third-order valence-electron chi connectivity index (χ3n) is 7.41. The molecule has 2 atom stereocenters. The lowest BCUT2D eigenvalue weighted by molar-refractivity contribution is 0.175. The van der Waals surface area contributed by atoms with Crippen molar-refractivity contribution in [1.29, 1.82) is 0 Å². The molecule has 0 fully saturated rings. The SMILES string of the molecule is CCc1cc(-c2cccc(C(COC)Cc3c(O)c(OC)c(O)c4c3OC(c3ccc(O)cc3)CC4=[OH+])c2)c[n-]1. The highest BCUT2D eigenvalue weighted by atomic mass is 16.5. The number of phenolic OH excluding ortho intramolecular Hbond substituents is 3. The van der Waals surface area contributed by atoms with Gasteiger partial charge in [0.1, 0.15) is 24.0 Å². The molecule has 1 aromatic heterocycles. The molecule has 0 saturated carbocycles. The van der Waals surface area contributed by atoms with Gasteiger partial charge in [-0.3, -0.25) is 4.79 Å². The minimum absolute atomic E-state index is 0.0860. The smallest absolute Gasteiger partial charge is 0.335 e. The van der Waals surface area contributed by atoms with Crippen LogP contribution >= 0.6 is 0 Å². The number of aromatic nitrogens is 1. The second-order valence-electron chi connectivity index (χ2n) is 9.95. The van der Waals surface area contributed by atoms with Crippen LogP contribution in [0.5, 0.6) is 28.7 Å².